The van der Waals surface area contributed by atoms with Gasteiger partial charge in [-0.05, 0) is 49.7 Å². The van der Waals surface area contributed by atoms with Gasteiger partial charge in [-0.25, -0.2) is 0 Å². The molecule has 2 fully saturated rings. The van der Waals surface area contributed by atoms with E-state index >= 15 is 0 Å². The van der Waals surface area contributed by atoms with E-state index < -0.39 is 0 Å². The summed E-state index contributed by atoms with van der Waals surface area (Å²) in [4.78, 5) is 24.5. The fourth-order valence-corrected chi connectivity index (χ4v) is 5.97. The third kappa shape index (κ3) is 1.74. The van der Waals surface area contributed by atoms with Crippen molar-refractivity contribution >= 4 is 35.2 Å². The van der Waals surface area contributed by atoms with Gasteiger partial charge >= 0.3 is 0 Å². The largest absolute Gasteiger partial charge is 0.288 e. The monoisotopic (exact) mass is 307 g/mol. The highest BCUT2D eigenvalue weighted by molar-refractivity contribution is 8.02. The van der Waals surface area contributed by atoms with Crippen LogP contribution < -0.4 is 5.32 Å². The van der Waals surface area contributed by atoms with Crippen LogP contribution >= 0.6 is 23.4 Å². The molecule has 104 valence electrons. The Morgan fingerprint density at radius 3 is 2.80 bits per heavy atom. The first-order chi connectivity index (χ1) is 9.57. The maximum atomic E-state index is 11.9. The Balaban J connectivity index is 1.71. The van der Waals surface area contributed by atoms with Gasteiger partial charge in [-0.15, -0.1) is 23.4 Å². The van der Waals surface area contributed by atoms with E-state index in [2.05, 4.69) is 5.32 Å². The second-order valence-corrected chi connectivity index (χ2v) is 8.20. The smallest absolute Gasteiger partial charge is 0.260 e. The molecule has 0 spiro atoms. The predicted octanol–water partition coefficient (Wildman–Crippen LogP) is 3.42. The summed E-state index contributed by atoms with van der Waals surface area (Å²) in [5.41, 5.74) is 0.980. The number of alkyl halides is 1. The highest BCUT2D eigenvalue weighted by atomic mass is 35.5. The number of rotatable bonds is 2. The van der Waals surface area contributed by atoms with Gasteiger partial charge in [-0.1, -0.05) is 6.07 Å². The van der Waals surface area contributed by atoms with E-state index in [0.29, 0.717) is 17.0 Å². The average molecular weight is 308 g/mol. The molecule has 3 nitrogen and oxygen atoms in total. The molecule has 1 aliphatic heterocycles. The van der Waals surface area contributed by atoms with Gasteiger partial charge in [0.1, 0.15) is 0 Å². The number of hydrogen-bond acceptors (Lipinski definition) is 3. The Morgan fingerprint density at radius 2 is 2.10 bits per heavy atom. The highest BCUT2D eigenvalue weighted by Gasteiger charge is 2.51. The van der Waals surface area contributed by atoms with Crippen LogP contribution in [-0.4, -0.2) is 16.0 Å². The zero-order chi connectivity index (χ0) is 13.9. The molecule has 2 bridgehead atoms. The Morgan fingerprint density at radius 1 is 1.25 bits per heavy atom. The zero-order valence-electron chi connectivity index (χ0n) is 10.8. The van der Waals surface area contributed by atoms with Gasteiger partial charge in [-0.3, -0.25) is 14.9 Å². The molecule has 0 aromatic heterocycles. The SMILES string of the molecule is O=C1NC(=O)c2c(SC3(Cl)CC4CCC3C4)cccc21. The number of imide groups is 1. The number of nitrogens with one attached hydrogen (secondary N) is 1. The molecular weight excluding hydrogens is 294 g/mol. The van der Waals surface area contributed by atoms with E-state index in [-0.39, 0.29) is 16.0 Å². The minimum absolute atomic E-state index is 0.295. The fraction of sp³-hybridized carbons (Fsp3) is 0.467. The summed E-state index contributed by atoms with van der Waals surface area (Å²) in [5.74, 6) is 0.660. The molecule has 0 saturated heterocycles. The summed E-state index contributed by atoms with van der Waals surface area (Å²) in [7, 11) is 0. The number of fused-ring (bicyclic) bond motifs is 3. The summed E-state index contributed by atoms with van der Waals surface area (Å²) < 4.78 is -0.302. The second-order valence-electron chi connectivity index (χ2n) is 5.93. The number of carbonyl (C=O) groups is 2. The minimum atomic E-state index is -0.302. The van der Waals surface area contributed by atoms with Gasteiger partial charge < -0.3 is 0 Å². The molecule has 5 heteroatoms. The normalized spacial score (nSPS) is 34.5. The van der Waals surface area contributed by atoms with Crippen molar-refractivity contribution in [2.45, 2.75) is 34.8 Å². The summed E-state index contributed by atoms with van der Waals surface area (Å²) in [5, 5.41) is 2.36. The average Bonchev–Trinajstić information content (AvgIpc) is 3.04. The lowest BCUT2D eigenvalue weighted by Gasteiger charge is -2.31. The van der Waals surface area contributed by atoms with E-state index in [0.717, 1.165) is 17.2 Å². The quantitative estimate of drug-likeness (QED) is 0.672. The Kier molecular flexibility index (Phi) is 2.70. The number of amides is 2. The van der Waals surface area contributed by atoms with Crippen molar-refractivity contribution in [2.75, 3.05) is 0 Å². The van der Waals surface area contributed by atoms with Crippen LogP contribution in [0.5, 0.6) is 0 Å². The van der Waals surface area contributed by atoms with Crippen LogP contribution in [-0.2, 0) is 0 Å². The number of benzene rings is 1. The molecular formula is C15H14ClNO2S. The van der Waals surface area contributed by atoms with Gasteiger partial charge in [0, 0.05) is 4.90 Å². The first-order valence-electron chi connectivity index (χ1n) is 6.93. The van der Waals surface area contributed by atoms with Crippen LogP contribution in [0.15, 0.2) is 23.1 Å². The van der Waals surface area contributed by atoms with Crippen molar-refractivity contribution in [2.24, 2.45) is 11.8 Å². The van der Waals surface area contributed by atoms with Gasteiger partial charge in [-0.2, -0.15) is 0 Å². The molecule has 1 N–H and O–H groups in total. The van der Waals surface area contributed by atoms with Crippen molar-refractivity contribution in [3.63, 3.8) is 0 Å². The maximum absolute atomic E-state index is 11.9. The number of thioether (sulfide) groups is 1. The van der Waals surface area contributed by atoms with Crippen LogP contribution in [0.25, 0.3) is 0 Å². The predicted molar refractivity (Wildman–Crippen MR) is 78.1 cm³/mol. The molecule has 3 atom stereocenters. The molecule has 2 saturated carbocycles. The van der Waals surface area contributed by atoms with Gasteiger partial charge in [0.25, 0.3) is 11.8 Å². The van der Waals surface area contributed by atoms with E-state index in [4.69, 9.17) is 11.6 Å². The molecule has 1 aromatic carbocycles. The highest BCUT2D eigenvalue weighted by Crippen LogP contribution is 2.61. The maximum Gasteiger partial charge on any atom is 0.260 e. The standard InChI is InChI=1S/C15H14ClNO2S/c16-15(7-8-4-5-9(15)6-8)20-11-3-1-2-10-12(11)14(19)17-13(10)18/h1-3,8-9H,4-7H2,(H,17,18,19). The van der Waals surface area contributed by atoms with E-state index in [1.807, 2.05) is 12.1 Å². The van der Waals surface area contributed by atoms with E-state index in [1.165, 1.54) is 19.3 Å². The van der Waals surface area contributed by atoms with Crippen LogP contribution in [0, 0.1) is 11.8 Å². The van der Waals surface area contributed by atoms with Crippen molar-refractivity contribution in [3.05, 3.63) is 29.3 Å². The fourth-order valence-electron chi connectivity index (χ4n) is 3.79. The molecule has 1 aromatic rings. The third-order valence-electron chi connectivity index (χ3n) is 4.72. The van der Waals surface area contributed by atoms with Crippen molar-refractivity contribution in [1.29, 1.82) is 0 Å². The van der Waals surface area contributed by atoms with Gasteiger partial charge in [0.2, 0.25) is 0 Å². The summed E-state index contributed by atoms with van der Waals surface area (Å²) >= 11 is 8.41. The first kappa shape index (κ1) is 12.7. The van der Waals surface area contributed by atoms with Crippen LogP contribution in [0.1, 0.15) is 46.4 Å². The third-order valence-corrected chi connectivity index (χ3v) is 6.82. The molecule has 2 aliphatic carbocycles. The molecule has 1 heterocycles. The summed E-state index contributed by atoms with van der Waals surface area (Å²) in [6, 6.07) is 5.42. The Bertz CT molecular complexity index is 632. The van der Waals surface area contributed by atoms with Gasteiger partial charge in [0.15, 0.2) is 0 Å². The molecule has 0 radical (unpaired) electrons. The summed E-state index contributed by atoms with van der Waals surface area (Å²) in [6.45, 7) is 0. The lowest BCUT2D eigenvalue weighted by Crippen LogP contribution is -2.25. The molecule has 4 rings (SSSR count). The topological polar surface area (TPSA) is 46.2 Å². The minimum Gasteiger partial charge on any atom is -0.288 e. The summed E-state index contributed by atoms with van der Waals surface area (Å²) in [6.07, 6.45) is 4.67. The first-order valence-corrected chi connectivity index (χ1v) is 8.13. The molecule has 20 heavy (non-hydrogen) atoms. The lowest BCUT2D eigenvalue weighted by atomic mass is 10.00. The number of carbonyl (C=O) groups excluding carboxylic acids is 2. The van der Waals surface area contributed by atoms with Crippen LogP contribution in [0.3, 0.4) is 0 Å². The van der Waals surface area contributed by atoms with E-state index in [9.17, 15) is 9.59 Å². The number of halogens is 1. The van der Waals surface area contributed by atoms with Crippen molar-refractivity contribution in [1.82, 2.24) is 5.32 Å². The van der Waals surface area contributed by atoms with Crippen molar-refractivity contribution < 1.29 is 9.59 Å². The number of hydrogen-bond donors (Lipinski definition) is 1. The molecule has 2 amide bonds. The zero-order valence-corrected chi connectivity index (χ0v) is 12.4. The van der Waals surface area contributed by atoms with Crippen LogP contribution in [0.2, 0.25) is 0 Å². The van der Waals surface area contributed by atoms with E-state index in [1.54, 1.807) is 17.8 Å². The van der Waals surface area contributed by atoms with Crippen LogP contribution in [0.4, 0.5) is 0 Å². The second kappa shape index (κ2) is 4.25. The molecule has 3 unspecified atom stereocenters. The molecule has 3 aliphatic rings. The lowest BCUT2D eigenvalue weighted by molar-refractivity contribution is 0.0879. The van der Waals surface area contributed by atoms with Crippen molar-refractivity contribution in [3.8, 4) is 0 Å². The Hall–Kier alpha value is -1.00. The Labute approximate surface area is 126 Å². The van der Waals surface area contributed by atoms with Gasteiger partial charge in [0.05, 0.1) is 15.3 Å².